The van der Waals surface area contributed by atoms with Crippen LogP contribution >= 0.6 is 15.9 Å². The second-order valence-electron chi connectivity index (χ2n) is 3.99. The maximum Gasteiger partial charge on any atom is 0.0346 e. The van der Waals surface area contributed by atoms with Crippen molar-refractivity contribution in [3.63, 3.8) is 0 Å². The van der Waals surface area contributed by atoms with Crippen LogP contribution in [0.2, 0.25) is 0 Å². The first-order chi connectivity index (χ1) is 7.79. The molecule has 0 unspecified atom stereocenters. The summed E-state index contributed by atoms with van der Waals surface area (Å²) in [5.41, 5.74) is 1.21. The first-order valence-electron chi connectivity index (χ1n) is 5.73. The van der Waals surface area contributed by atoms with Gasteiger partial charge in [0.1, 0.15) is 0 Å². The van der Waals surface area contributed by atoms with Crippen LogP contribution in [0.5, 0.6) is 0 Å². The van der Waals surface area contributed by atoms with Crippen LogP contribution in [-0.2, 0) is 0 Å². The smallest absolute Gasteiger partial charge is 0.0346 e. The molecule has 0 saturated heterocycles. The van der Waals surface area contributed by atoms with E-state index in [0.717, 1.165) is 11.0 Å². The summed E-state index contributed by atoms with van der Waals surface area (Å²) in [6, 6.07) is 12.9. The van der Waals surface area contributed by atoms with Gasteiger partial charge in [-0.1, -0.05) is 41.4 Å². The highest BCUT2D eigenvalue weighted by Crippen LogP contribution is 2.22. The minimum Gasteiger partial charge on any atom is -0.385 e. The summed E-state index contributed by atoms with van der Waals surface area (Å²) in [5, 5.41) is 6.00. The van der Waals surface area contributed by atoms with Crippen LogP contribution in [0, 0.1) is 0 Å². The topological polar surface area (TPSA) is 12.0 Å². The number of halogens is 1. The summed E-state index contributed by atoms with van der Waals surface area (Å²) in [7, 11) is 0. The number of hydrogen-bond acceptors (Lipinski definition) is 1. The molecule has 0 aliphatic carbocycles. The van der Waals surface area contributed by atoms with E-state index in [1.54, 1.807) is 0 Å². The number of benzene rings is 2. The molecule has 16 heavy (non-hydrogen) atoms. The van der Waals surface area contributed by atoms with Crippen LogP contribution in [0.4, 0.5) is 5.69 Å². The second-order valence-corrected chi connectivity index (χ2v) is 4.90. The van der Waals surface area contributed by atoms with Crippen LogP contribution in [0.25, 0.3) is 10.8 Å². The molecule has 2 aromatic rings. The molecule has 0 aliphatic heterocycles. The highest BCUT2D eigenvalue weighted by Gasteiger charge is 1.96. The van der Waals surface area contributed by atoms with Gasteiger partial charge in [-0.05, 0) is 41.5 Å². The van der Waals surface area contributed by atoms with Gasteiger partial charge in [0.25, 0.3) is 0 Å². The summed E-state index contributed by atoms with van der Waals surface area (Å²) >= 11 is 3.49. The van der Waals surface area contributed by atoms with Gasteiger partial charge in [-0.25, -0.2) is 0 Å². The first kappa shape index (κ1) is 11.5. The molecule has 2 aromatic carbocycles. The Morgan fingerprint density at radius 3 is 2.62 bits per heavy atom. The van der Waals surface area contributed by atoms with Crippen molar-refractivity contribution in [2.45, 2.75) is 19.8 Å². The highest BCUT2D eigenvalue weighted by atomic mass is 79.9. The van der Waals surface area contributed by atoms with E-state index in [2.05, 4.69) is 64.6 Å². The maximum absolute atomic E-state index is 3.49. The van der Waals surface area contributed by atoms with Gasteiger partial charge in [0.05, 0.1) is 0 Å². The largest absolute Gasteiger partial charge is 0.385 e. The molecule has 1 nitrogen and oxygen atoms in total. The lowest BCUT2D eigenvalue weighted by atomic mass is 10.1. The molecule has 0 aliphatic rings. The number of rotatable bonds is 4. The van der Waals surface area contributed by atoms with Gasteiger partial charge in [-0.3, -0.25) is 0 Å². The molecule has 0 saturated carbocycles. The van der Waals surface area contributed by atoms with Crippen LogP contribution in [0.15, 0.2) is 40.9 Å². The van der Waals surface area contributed by atoms with Crippen molar-refractivity contribution >= 4 is 32.4 Å². The van der Waals surface area contributed by atoms with Crippen molar-refractivity contribution in [1.82, 2.24) is 0 Å². The van der Waals surface area contributed by atoms with E-state index in [4.69, 9.17) is 0 Å². The molecule has 0 radical (unpaired) electrons. The van der Waals surface area contributed by atoms with E-state index in [-0.39, 0.29) is 0 Å². The summed E-state index contributed by atoms with van der Waals surface area (Å²) in [6.07, 6.45) is 2.45. The third kappa shape index (κ3) is 2.76. The average molecular weight is 278 g/mol. The summed E-state index contributed by atoms with van der Waals surface area (Å²) in [5.74, 6) is 0. The molecule has 2 heteroatoms. The van der Waals surface area contributed by atoms with Gasteiger partial charge >= 0.3 is 0 Å². The fourth-order valence-corrected chi connectivity index (χ4v) is 2.11. The lowest BCUT2D eigenvalue weighted by Gasteiger charge is -2.07. The normalized spacial score (nSPS) is 10.6. The molecule has 0 heterocycles. The lowest BCUT2D eigenvalue weighted by Crippen LogP contribution is -2.00. The molecule has 0 amide bonds. The summed E-state index contributed by atoms with van der Waals surface area (Å²) < 4.78 is 1.13. The molecule has 0 aromatic heterocycles. The lowest BCUT2D eigenvalue weighted by molar-refractivity contribution is 0.834. The second kappa shape index (κ2) is 5.35. The van der Waals surface area contributed by atoms with Gasteiger partial charge in [0.15, 0.2) is 0 Å². The average Bonchev–Trinajstić information content (AvgIpc) is 2.29. The number of anilines is 1. The Morgan fingerprint density at radius 2 is 1.81 bits per heavy atom. The van der Waals surface area contributed by atoms with Gasteiger partial charge < -0.3 is 5.32 Å². The zero-order chi connectivity index (χ0) is 11.4. The Labute approximate surface area is 105 Å². The van der Waals surface area contributed by atoms with Crippen molar-refractivity contribution in [3.8, 4) is 0 Å². The van der Waals surface area contributed by atoms with Crippen molar-refractivity contribution < 1.29 is 0 Å². The van der Waals surface area contributed by atoms with Crippen LogP contribution in [0.1, 0.15) is 19.8 Å². The third-order valence-corrected chi connectivity index (χ3v) is 3.15. The number of hydrogen-bond donors (Lipinski definition) is 1. The first-order valence-corrected chi connectivity index (χ1v) is 6.52. The minimum absolute atomic E-state index is 1.05. The van der Waals surface area contributed by atoms with Crippen LogP contribution in [-0.4, -0.2) is 6.54 Å². The monoisotopic (exact) mass is 277 g/mol. The van der Waals surface area contributed by atoms with E-state index in [0.29, 0.717) is 0 Å². The maximum atomic E-state index is 3.49. The number of fused-ring (bicyclic) bond motifs is 1. The number of unbranched alkanes of at least 4 members (excludes halogenated alkanes) is 1. The fourth-order valence-electron chi connectivity index (χ4n) is 1.74. The molecule has 0 bridgehead atoms. The Kier molecular flexibility index (Phi) is 3.83. The van der Waals surface area contributed by atoms with E-state index >= 15 is 0 Å². The SMILES string of the molecule is CCCCNc1ccc2cc(Br)ccc2c1. The van der Waals surface area contributed by atoms with E-state index in [9.17, 15) is 0 Å². The van der Waals surface area contributed by atoms with Gasteiger partial charge in [-0.2, -0.15) is 0 Å². The van der Waals surface area contributed by atoms with Gasteiger partial charge in [0, 0.05) is 16.7 Å². The Bertz CT molecular complexity index is 479. The molecule has 0 fully saturated rings. The predicted molar refractivity (Wildman–Crippen MR) is 75.0 cm³/mol. The molecular formula is C14H16BrN. The summed E-state index contributed by atoms with van der Waals surface area (Å²) in [6.45, 7) is 3.26. The van der Waals surface area contributed by atoms with Crippen molar-refractivity contribution in [1.29, 1.82) is 0 Å². The fraction of sp³-hybridized carbons (Fsp3) is 0.286. The zero-order valence-electron chi connectivity index (χ0n) is 9.46. The predicted octanol–water partition coefficient (Wildman–Crippen LogP) is 4.81. The highest BCUT2D eigenvalue weighted by molar-refractivity contribution is 9.10. The Morgan fingerprint density at radius 1 is 1.06 bits per heavy atom. The molecule has 0 spiro atoms. The van der Waals surface area contributed by atoms with Crippen molar-refractivity contribution in [3.05, 3.63) is 40.9 Å². The van der Waals surface area contributed by atoms with Gasteiger partial charge in [0.2, 0.25) is 0 Å². The Balaban J connectivity index is 2.20. The van der Waals surface area contributed by atoms with E-state index in [1.165, 1.54) is 29.3 Å². The van der Waals surface area contributed by atoms with Crippen molar-refractivity contribution in [2.75, 3.05) is 11.9 Å². The van der Waals surface area contributed by atoms with E-state index < -0.39 is 0 Å². The number of nitrogens with one attached hydrogen (secondary N) is 1. The zero-order valence-corrected chi connectivity index (χ0v) is 11.0. The quantitative estimate of drug-likeness (QED) is 0.791. The summed E-state index contributed by atoms with van der Waals surface area (Å²) in [4.78, 5) is 0. The molecule has 84 valence electrons. The molecule has 0 atom stereocenters. The standard InChI is InChI=1S/C14H16BrN/c1-2-3-8-16-14-7-5-11-9-13(15)6-4-12(11)10-14/h4-7,9-10,16H,2-3,8H2,1H3. The van der Waals surface area contributed by atoms with Gasteiger partial charge in [-0.15, -0.1) is 0 Å². The van der Waals surface area contributed by atoms with E-state index in [1.807, 2.05) is 0 Å². The molecular weight excluding hydrogens is 262 g/mol. The van der Waals surface area contributed by atoms with Crippen molar-refractivity contribution in [2.24, 2.45) is 0 Å². The molecule has 2 rings (SSSR count). The third-order valence-electron chi connectivity index (χ3n) is 2.66. The minimum atomic E-state index is 1.05. The van der Waals surface area contributed by atoms with Crippen LogP contribution in [0.3, 0.4) is 0 Å². The Hall–Kier alpha value is -1.02. The molecule has 1 N–H and O–H groups in total. The van der Waals surface area contributed by atoms with Crippen LogP contribution < -0.4 is 5.32 Å².